The molecule has 0 aliphatic rings. The monoisotopic (exact) mass is 614 g/mol. The van der Waals surface area contributed by atoms with Crippen molar-refractivity contribution >= 4 is 0 Å². The van der Waals surface area contributed by atoms with Crippen molar-refractivity contribution in [1.82, 2.24) is 9.80 Å². The number of aliphatic hydroxyl groups is 2. The quantitative estimate of drug-likeness (QED) is 0.123. The molecule has 2 atom stereocenters. The summed E-state index contributed by atoms with van der Waals surface area (Å²) in [7, 11) is 0. The van der Waals surface area contributed by atoms with E-state index in [9.17, 15) is 10.2 Å². The molecular formula is C40H42N2O4. The summed E-state index contributed by atoms with van der Waals surface area (Å²) in [6, 6.07) is 49.9. The van der Waals surface area contributed by atoms with Crippen molar-refractivity contribution in [3.8, 4) is 11.5 Å². The second-order valence-electron chi connectivity index (χ2n) is 11.5. The van der Waals surface area contributed by atoms with E-state index in [0.717, 1.165) is 18.7 Å². The van der Waals surface area contributed by atoms with Crippen LogP contribution in [-0.2, 0) is 26.2 Å². The molecule has 6 heteroatoms. The van der Waals surface area contributed by atoms with E-state index in [1.807, 2.05) is 97.1 Å². The third-order valence-corrected chi connectivity index (χ3v) is 7.52. The molecule has 0 aliphatic heterocycles. The lowest BCUT2D eigenvalue weighted by atomic mass is 10.1. The molecule has 0 spiro atoms. The average molecular weight is 615 g/mol. The summed E-state index contributed by atoms with van der Waals surface area (Å²) in [5, 5.41) is 21.7. The lowest BCUT2D eigenvalue weighted by molar-refractivity contribution is 0.0615. The standard InChI is InChI=1S/C40H42N2O4/c43-37(29-41(25-33-13-5-1-6-14-33)26-34-15-7-2-8-16-34)31-45-39-21-23-40(24-22-39)46-32-38(44)30-42(27-35-17-9-3-10-18-35)28-36-19-11-4-12-20-36/h1-3,5-11,13-24,37-38,43-44H,25-32H2. The first-order chi connectivity index (χ1) is 22.6. The van der Waals surface area contributed by atoms with Gasteiger partial charge in [-0.15, -0.1) is 0 Å². The molecule has 0 radical (unpaired) electrons. The van der Waals surface area contributed by atoms with Crippen molar-refractivity contribution in [1.29, 1.82) is 0 Å². The van der Waals surface area contributed by atoms with Crippen molar-refractivity contribution in [3.63, 3.8) is 0 Å². The fraction of sp³-hybridized carbons (Fsp3) is 0.250. The molecule has 0 aliphatic carbocycles. The van der Waals surface area contributed by atoms with Crippen LogP contribution in [-0.4, -0.2) is 58.5 Å². The van der Waals surface area contributed by atoms with E-state index in [0.29, 0.717) is 37.7 Å². The summed E-state index contributed by atoms with van der Waals surface area (Å²) in [4.78, 5) is 4.44. The van der Waals surface area contributed by atoms with Gasteiger partial charge in [-0.25, -0.2) is 0 Å². The van der Waals surface area contributed by atoms with Crippen molar-refractivity contribution in [2.45, 2.75) is 38.4 Å². The third-order valence-electron chi connectivity index (χ3n) is 7.52. The first-order valence-electron chi connectivity index (χ1n) is 15.7. The zero-order chi connectivity index (χ0) is 31.8. The fourth-order valence-corrected chi connectivity index (χ4v) is 5.35. The fourth-order valence-electron chi connectivity index (χ4n) is 5.35. The molecule has 5 rings (SSSR count). The molecule has 0 fully saturated rings. The lowest BCUT2D eigenvalue weighted by Crippen LogP contribution is -2.35. The van der Waals surface area contributed by atoms with Gasteiger partial charge in [-0.2, -0.15) is 0 Å². The third kappa shape index (κ3) is 11.4. The molecule has 236 valence electrons. The molecule has 6 nitrogen and oxygen atoms in total. The van der Waals surface area contributed by atoms with Gasteiger partial charge in [0.05, 0.1) is 0 Å². The maximum absolute atomic E-state index is 10.9. The van der Waals surface area contributed by atoms with Crippen molar-refractivity contribution < 1.29 is 19.7 Å². The topological polar surface area (TPSA) is 65.4 Å². The summed E-state index contributed by atoms with van der Waals surface area (Å²) >= 11 is 0. The molecule has 0 bridgehead atoms. The molecule has 2 unspecified atom stereocenters. The van der Waals surface area contributed by atoms with Crippen LogP contribution in [0.5, 0.6) is 11.5 Å². The van der Waals surface area contributed by atoms with Crippen LogP contribution in [0.2, 0.25) is 0 Å². The van der Waals surface area contributed by atoms with Gasteiger partial charge in [-0.1, -0.05) is 103 Å². The smallest absolute Gasteiger partial charge is 0.119 e. The normalized spacial score (nSPS) is 12.4. The van der Waals surface area contributed by atoms with Crippen LogP contribution in [0.15, 0.2) is 133 Å². The minimum atomic E-state index is -0.677. The lowest BCUT2D eigenvalue weighted by Gasteiger charge is -2.25. The highest BCUT2D eigenvalue weighted by Gasteiger charge is 2.16. The molecule has 0 saturated heterocycles. The van der Waals surface area contributed by atoms with E-state index in [1.165, 1.54) is 16.7 Å². The molecule has 5 aromatic rings. The van der Waals surface area contributed by atoms with Gasteiger partial charge in [0.1, 0.15) is 36.9 Å². The van der Waals surface area contributed by atoms with E-state index < -0.39 is 12.2 Å². The van der Waals surface area contributed by atoms with Crippen LogP contribution in [0.25, 0.3) is 0 Å². The van der Waals surface area contributed by atoms with Gasteiger partial charge in [0, 0.05) is 39.3 Å². The predicted molar refractivity (Wildman–Crippen MR) is 181 cm³/mol. The Morgan fingerprint density at radius 2 is 0.870 bits per heavy atom. The minimum Gasteiger partial charge on any atom is -0.491 e. The van der Waals surface area contributed by atoms with E-state index in [-0.39, 0.29) is 13.2 Å². The number of nitrogens with zero attached hydrogens (tertiary/aromatic N) is 2. The molecule has 0 saturated carbocycles. The van der Waals surface area contributed by atoms with Crippen LogP contribution >= 0.6 is 0 Å². The predicted octanol–water partition coefficient (Wildman–Crippen LogP) is 6.17. The van der Waals surface area contributed by atoms with Gasteiger partial charge >= 0.3 is 0 Å². The number of benzene rings is 4. The second-order valence-corrected chi connectivity index (χ2v) is 11.5. The first kappa shape index (κ1) is 32.7. The molecule has 0 aromatic heterocycles. The van der Waals surface area contributed by atoms with Crippen molar-refractivity contribution in [2.75, 3.05) is 26.3 Å². The van der Waals surface area contributed by atoms with Crippen molar-refractivity contribution in [3.05, 3.63) is 168 Å². The Labute approximate surface area is 273 Å². The van der Waals surface area contributed by atoms with E-state index in [2.05, 4.69) is 58.3 Å². The van der Waals surface area contributed by atoms with E-state index >= 15 is 0 Å². The Bertz CT molecular complexity index is 1320. The summed E-state index contributed by atoms with van der Waals surface area (Å²) in [5.74, 6) is 1.29. The molecular weight excluding hydrogens is 572 g/mol. The Kier molecular flexibility index (Phi) is 12.6. The number of hydrogen-bond donors (Lipinski definition) is 2. The Morgan fingerprint density at radius 3 is 1.24 bits per heavy atom. The van der Waals surface area contributed by atoms with Gasteiger partial charge in [-0.3, -0.25) is 9.80 Å². The molecule has 46 heavy (non-hydrogen) atoms. The van der Waals surface area contributed by atoms with Crippen LogP contribution in [0.4, 0.5) is 0 Å². The maximum atomic E-state index is 10.9. The second kappa shape index (κ2) is 17.7. The highest BCUT2D eigenvalue weighted by Crippen LogP contribution is 2.19. The van der Waals surface area contributed by atoms with Crippen LogP contribution < -0.4 is 9.47 Å². The first-order valence-corrected chi connectivity index (χ1v) is 15.7. The van der Waals surface area contributed by atoms with Crippen molar-refractivity contribution in [2.24, 2.45) is 0 Å². The van der Waals surface area contributed by atoms with Crippen LogP contribution in [0.3, 0.4) is 0 Å². The number of rotatable bonds is 18. The number of hydrogen-bond acceptors (Lipinski definition) is 6. The Hall–Kier alpha value is -4.64. The Morgan fingerprint density at radius 1 is 0.478 bits per heavy atom. The van der Waals surface area contributed by atoms with Gasteiger partial charge in [0.25, 0.3) is 0 Å². The van der Waals surface area contributed by atoms with Crippen LogP contribution in [0, 0.1) is 12.1 Å². The molecule has 0 heterocycles. The molecule has 2 N–H and O–H groups in total. The molecule has 5 aromatic carbocycles. The Balaban J connectivity index is 1.08. The molecule has 0 amide bonds. The van der Waals surface area contributed by atoms with Gasteiger partial charge < -0.3 is 19.7 Å². The minimum absolute atomic E-state index is 0.164. The summed E-state index contributed by atoms with van der Waals surface area (Å²) < 4.78 is 11.8. The zero-order valence-electron chi connectivity index (χ0n) is 26.1. The average Bonchev–Trinajstić information content (AvgIpc) is 3.09. The number of aliphatic hydroxyl groups excluding tert-OH is 2. The van der Waals surface area contributed by atoms with Gasteiger partial charge in [0.15, 0.2) is 0 Å². The summed E-state index contributed by atoms with van der Waals surface area (Å²) in [6.45, 7) is 4.14. The summed E-state index contributed by atoms with van der Waals surface area (Å²) in [6.07, 6.45) is -1.34. The van der Waals surface area contributed by atoms with Crippen LogP contribution in [0.1, 0.15) is 22.3 Å². The SMILES string of the molecule is OC(COc1ccc(OCC(O)CN(Cc2ccccc2)Cc2ccccc2)cc1)CN(Cc1cc#ccc1)Cc1ccccc1. The largest absolute Gasteiger partial charge is 0.491 e. The van der Waals surface area contributed by atoms with E-state index in [4.69, 9.17) is 9.47 Å². The maximum Gasteiger partial charge on any atom is 0.119 e. The zero-order valence-corrected chi connectivity index (χ0v) is 26.1. The van der Waals surface area contributed by atoms with E-state index in [1.54, 1.807) is 0 Å². The highest BCUT2D eigenvalue weighted by molar-refractivity contribution is 5.31. The summed E-state index contributed by atoms with van der Waals surface area (Å²) in [5.41, 5.74) is 4.70. The van der Waals surface area contributed by atoms with Gasteiger partial charge in [-0.05, 0) is 64.7 Å². The highest BCUT2D eigenvalue weighted by atomic mass is 16.5. The number of ether oxygens (including phenoxy) is 2. The van der Waals surface area contributed by atoms with Gasteiger partial charge in [0.2, 0.25) is 0 Å².